The van der Waals surface area contributed by atoms with Crippen LogP contribution in [0.4, 0.5) is 11.4 Å². The summed E-state index contributed by atoms with van der Waals surface area (Å²) in [5.74, 6) is 0.197. The van der Waals surface area contributed by atoms with Crippen LogP contribution in [-0.4, -0.2) is 22.2 Å². The van der Waals surface area contributed by atoms with Gasteiger partial charge in [0.05, 0.1) is 6.20 Å². The van der Waals surface area contributed by atoms with Gasteiger partial charge in [-0.05, 0) is 48.6 Å². The van der Waals surface area contributed by atoms with Crippen molar-refractivity contribution in [1.29, 1.82) is 0 Å². The predicted octanol–water partition coefficient (Wildman–Crippen LogP) is 1.91. The number of carbonyl (C=O) groups excluding carboxylic acids is 1. The van der Waals surface area contributed by atoms with Crippen molar-refractivity contribution in [3.63, 3.8) is 0 Å². The van der Waals surface area contributed by atoms with Crippen molar-refractivity contribution in [2.75, 3.05) is 17.2 Å². The monoisotopic (exact) mass is 284 g/mol. The molecule has 21 heavy (non-hydrogen) atoms. The molecule has 0 spiro atoms. The third-order valence-electron chi connectivity index (χ3n) is 3.91. The molecule has 1 amide bonds. The molecule has 0 fully saturated rings. The Morgan fingerprint density at radius 2 is 2.19 bits per heavy atom. The number of fused-ring (bicyclic) bond motifs is 1. The van der Waals surface area contributed by atoms with Crippen molar-refractivity contribution in [1.82, 2.24) is 9.78 Å². The highest BCUT2D eigenvalue weighted by Gasteiger charge is 2.22. The third-order valence-corrected chi connectivity index (χ3v) is 3.91. The quantitative estimate of drug-likeness (QED) is 0.876. The lowest BCUT2D eigenvalue weighted by molar-refractivity contribution is -0.118. The van der Waals surface area contributed by atoms with E-state index in [2.05, 4.69) is 5.10 Å². The number of carbonyl (C=O) groups is 1. The summed E-state index contributed by atoms with van der Waals surface area (Å²) in [6.45, 7) is 0.682. The second kappa shape index (κ2) is 5.60. The summed E-state index contributed by atoms with van der Waals surface area (Å²) < 4.78 is 1.79. The smallest absolute Gasteiger partial charge is 0.227 e. The number of aromatic nitrogens is 2. The van der Waals surface area contributed by atoms with Gasteiger partial charge in [-0.1, -0.05) is 0 Å². The second-order valence-electron chi connectivity index (χ2n) is 5.56. The van der Waals surface area contributed by atoms with E-state index >= 15 is 0 Å². The average molecular weight is 284 g/mol. The SMILES string of the molecule is Cn1cc(CCN2C(=O)CCCc3cc(N)ccc32)cn1. The first kappa shape index (κ1) is 13.7. The van der Waals surface area contributed by atoms with E-state index in [1.807, 2.05) is 42.5 Å². The molecule has 5 nitrogen and oxygen atoms in total. The van der Waals surface area contributed by atoms with Crippen LogP contribution in [-0.2, 0) is 24.7 Å². The van der Waals surface area contributed by atoms with E-state index in [-0.39, 0.29) is 5.91 Å². The lowest BCUT2D eigenvalue weighted by Crippen LogP contribution is -2.32. The zero-order valence-electron chi connectivity index (χ0n) is 12.2. The topological polar surface area (TPSA) is 64.2 Å². The molecule has 1 aliphatic rings. The number of benzene rings is 1. The average Bonchev–Trinajstić information content (AvgIpc) is 2.79. The van der Waals surface area contributed by atoms with Gasteiger partial charge in [-0.3, -0.25) is 9.48 Å². The Labute approximate surface area is 124 Å². The van der Waals surface area contributed by atoms with Gasteiger partial charge in [-0.2, -0.15) is 5.10 Å². The standard InChI is InChI=1S/C16H20N4O/c1-19-11-12(10-18-19)7-8-20-15-6-5-14(17)9-13(15)3-2-4-16(20)21/h5-6,9-11H,2-4,7-8,17H2,1H3. The van der Waals surface area contributed by atoms with Crippen LogP contribution in [0.15, 0.2) is 30.6 Å². The van der Waals surface area contributed by atoms with Gasteiger partial charge in [0.15, 0.2) is 0 Å². The highest BCUT2D eigenvalue weighted by Crippen LogP contribution is 2.28. The summed E-state index contributed by atoms with van der Waals surface area (Å²) in [4.78, 5) is 14.3. The molecule has 2 aromatic rings. The maximum absolute atomic E-state index is 12.4. The normalized spacial score (nSPS) is 14.9. The molecule has 110 valence electrons. The Balaban J connectivity index is 1.83. The van der Waals surface area contributed by atoms with E-state index in [1.165, 1.54) is 5.56 Å². The number of hydrogen-bond acceptors (Lipinski definition) is 3. The molecule has 0 unspecified atom stereocenters. The van der Waals surface area contributed by atoms with Crippen LogP contribution in [0, 0.1) is 0 Å². The first-order valence-electron chi connectivity index (χ1n) is 7.30. The van der Waals surface area contributed by atoms with Crippen LogP contribution in [0.3, 0.4) is 0 Å². The Kier molecular flexibility index (Phi) is 3.64. The molecule has 0 bridgehead atoms. The largest absolute Gasteiger partial charge is 0.399 e. The van der Waals surface area contributed by atoms with Crippen LogP contribution in [0.2, 0.25) is 0 Å². The van der Waals surface area contributed by atoms with Gasteiger partial charge in [0.25, 0.3) is 0 Å². The summed E-state index contributed by atoms with van der Waals surface area (Å²) in [5, 5.41) is 4.17. The highest BCUT2D eigenvalue weighted by molar-refractivity contribution is 5.95. The number of anilines is 2. The minimum absolute atomic E-state index is 0.197. The number of nitrogens with two attached hydrogens (primary N) is 1. The number of nitrogen functional groups attached to an aromatic ring is 1. The molecule has 0 saturated heterocycles. The lowest BCUT2D eigenvalue weighted by Gasteiger charge is -2.23. The van der Waals surface area contributed by atoms with Crippen LogP contribution in [0.25, 0.3) is 0 Å². The zero-order valence-corrected chi connectivity index (χ0v) is 12.2. The van der Waals surface area contributed by atoms with Crippen molar-refractivity contribution in [2.45, 2.75) is 25.7 Å². The number of hydrogen-bond donors (Lipinski definition) is 1. The predicted molar refractivity (Wildman–Crippen MR) is 83.1 cm³/mol. The maximum atomic E-state index is 12.4. The highest BCUT2D eigenvalue weighted by atomic mass is 16.2. The summed E-state index contributed by atoms with van der Waals surface area (Å²) >= 11 is 0. The zero-order chi connectivity index (χ0) is 14.8. The summed E-state index contributed by atoms with van der Waals surface area (Å²) in [6.07, 6.45) is 7.05. The summed E-state index contributed by atoms with van der Waals surface area (Å²) in [7, 11) is 1.90. The minimum Gasteiger partial charge on any atom is -0.399 e. The fraction of sp³-hybridized carbons (Fsp3) is 0.375. The molecule has 0 saturated carbocycles. The van der Waals surface area contributed by atoms with Gasteiger partial charge < -0.3 is 10.6 Å². The van der Waals surface area contributed by atoms with E-state index in [9.17, 15) is 4.79 Å². The third kappa shape index (κ3) is 2.91. The van der Waals surface area contributed by atoms with Gasteiger partial charge in [0.1, 0.15) is 0 Å². The molecular formula is C16H20N4O. The van der Waals surface area contributed by atoms with Gasteiger partial charge in [0, 0.05) is 37.6 Å². The van der Waals surface area contributed by atoms with E-state index in [0.29, 0.717) is 13.0 Å². The molecular weight excluding hydrogens is 264 g/mol. The second-order valence-corrected chi connectivity index (χ2v) is 5.56. The lowest BCUT2D eigenvalue weighted by atomic mass is 10.1. The molecule has 1 aromatic heterocycles. The minimum atomic E-state index is 0.197. The van der Waals surface area contributed by atoms with Gasteiger partial charge in [-0.15, -0.1) is 0 Å². The van der Waals surface area contributed by atoms with Crippen LogP contribution in [0.5, 0.6) is 0 Å². The molecule has 0 radical (unpaired) electrons. The van der Waals surface area contributed by atoms with Gasteiger partial charge in [-0.25, -0.2) is 0 Å². The number of nitrogens with zero attached hydrogens (tertiary/aromatic N) is 3. The van der Waals surface area contributed by atoms with Crippen LogP contribution in [0.1, 0.15) is 24.0 Å². The first-order chi connectivity index (χ1) is 10.1. The molecule has 3 rings (SSSR count). The Morgan fingerprint density at radius 3 is 2.95 bits per heavy atom. The van der Waals surface area contributed by atoms with Crippen molar-refractivity contribution < 1.29 is 4.79 Å². The molecule has 5 heteroatoms. The van der Waals surface area contributed by atoms with Gasteiger partial charge >= 0.3 is 0 Å². The van der Waals surface area contributed by atoms with Crippen LogP contribution >= 0.6 is 0 Å². The van der Waals surface area contributed by atoms with Crippen molar-refractivity contribution in [2.24, 2.45) is 7.05 Å². The Bertz CT molecular complexity index is 662. The van der Waals surface area contributed by atoms with E-state index in [1.54, 1.807) is 4.68 Å². The fourth-order valence-electron chi connectivity index (χ4n) is 2.86. The fourth-order valence-corrected chi connectivity index (χ4v) is 2.86. The number of amides is 1. The van der Waals surface area contributed by atoms with Gasteiger partial charge in [0.2, 0.25) is 5.91 Å². The maximum Gasteiger partial charge on any atom is 0.227 e. The van der Waals surface area contributed by atoms with E-state index in [4.69, 9.17) is 5.73 Å². The van der Waals surface area contributed by atoms with E-state index in [0.717, 1.165) is 36.2 Å². The van der Waals surface area contributed by atoms with Crippen molar-refractivity contribution in [3.8, 4) is 0 Å². The summed E-state index contributed by atoms with van der Waals surface area (Å²) in [6, 6.07) is 5.83. The Morgan fingerprint density at radius 1 is 1.33 bits per heavy atom. The molecule has 1 aliphatic heterocycles. The van der Waals surface area contributed by atoms with Crippen molar-refractivity contribution in [3.05, 3.63) is 41.7 Å². The molecule has 2 N–H and O–H groups in total. The molecule has 0 atom stereocenters. The molecule has 0 aliphatic carbocycles. The molecule has 1 aromatic carbocycles. The number of aryl methyl sites for hydroxylation is 2. The van der Waals surface area contributed by atoms with Crippen LogP contribution < -0.4 is 10.6 Å². The van der Waals surface area contributed by atoms with Crippen molar-refractivity contribution >= 4 is 17.3 Å². The Hall–Kier alpha value is -2.30. The number of rotatable bonds is 3. The molecule has 2 heterocycles. The summed E-state index contributed by atoms with van der Waals surface area (Å²) in [5.41, 5.74) is 9.95. The first-order valence-corrected chi connectivity index (χ1v) is 7.30. The van der Waals surface area contributed by atoms with E-state index < -0.39 is 0 Å².